The van der Waals surface area contributed by atoms with Crippen molar-refractivity contribution in [3.05, 3.63) is 41.5 Å². The minimum absolute atomic E-state index is 0.160. The molecule has 1 aliphatic rings. The van der Waals surface area contributed by atoms with Crippen LogP contribution < -0.4 is 15.4 Å². The number of amides is 2. The van der Waals surface area contributed by atoms with Gasteiger partial charge in [0.1, 0.15) is 18.0 Å². The second-order valence-corrected chi connectivity index (χ2v) is 10.9. The van der Waals surface area contributed by atoms with Crippen LogP contribution in [-0.4, -0.2) is 89.4 Å². The quantitative estimate of drug-likeness (QED) is 0.120. The van der Waals surface area contributed by atoms with Gasteiger partial charge in [-0.2, -0.15) is 0 Å². The molecule has 1 saturated heterocycles. The molecule has 0 saturated carbocycles. The summed E-state index contributed by atoms with van der Waals surface area (Å²) in [6, 6.07) is 1.65. The molecule has 0 aromatic heterocycles. The number of carbonyl (C=O) groups is 7. The van der Waals surface area contributed by atoms with E-state index in [1.54, 1.807) is 13.8 Å². The Bertz CT molecular complexity index is 1370. The molecule has 0 unspecified atom stereocenters. The van der Waals surface area contributed by atoms with E-state index in [0.29, 0.717) is 16.9 Å². The van der Waals surface area contributed by atoms with Gasteiger partial charge in [-0.05, 0) is 37.1 Å². The van der Waals surface area contributed by atoms with E-state index >= 15 is 0 Å². The number of hydrogen-bond acceptors (Lipinski definition) is 12. The largest absolute Gasteiger partial charge is 0.479 e. The number of carbonyl (C=O) groups excluding carboxylic acids is 6. The number of nitrogens with one attached hydrogen (secondary N) is 2. The summed E-state index contributed by atoms with van der Waals surface area (Å²) >= 11 is 0. The average Bonchev–Trinajstić information content (AvgIpc) is 2.92. The summed E-state index contributed by atoms with van der Waals surface area (Å²) in [5, 5.41) is 15.4. The minimum Gasteiger partial charge on any atom is -0.479 e. The molecule has 0 radical (unpaired) electrons. The molecule has 46 heavy (non-hydrogen) atoms. The predicted octanol–water partition coefficient (Wildman–Crippen LogP) is 1.45. The van der Waals surface area contributed by atoms with Gasteiger partial charge in [0.15, 0.2) is 17.8 Å². The third kappa shape index (κ3) is 9.86. The Morgan fingerprint density at radius 1 is 0.978 bits per heavy atom. The smallest absolute Gasteiger partial charge is 0.336 e. The van der Waals surface area contributed by atoms with Crippen molar-refractivity contribution in [1.82, 2.24) is 10.6 Å². The highest BCUT2D eigenvalue weighted by Gasteiger charge is 2.57. The van der Waals surface area contributed by atoms with Gasteiger partial charge in [-0.25, -0.2) is 4.79 Å². The number of rotatable bonds is 13. The van der Waals surface area contributed by atoms with E-state index in [0.717, 1.165) is 27.7 Å². The van der Waals surface area contributed by atoms with Gasteiger partial charge in [-0.1, -0.05) is 6.08 Å². The Balaban J connectivity index is 2.61. The van der Waals surface area contributed by atoms with Gasteiger partial charge in [0.2, 0.25) is 5.91 Å². The molecule has 1 aromatic carbocycles. The standard InChI is InChI=1S/C31H40N2O13/c1-9-10-31(30(40)41)13-23(42-18(5)35)25(33-17(4)34)28(46-31)27(45-21(8)38)24(43-19(6)36)14-32-29(39)22-11-15(2)26(16(3)12-22)44-20(7)37/h9,11-12,23-25,27-28H,1,10,13-14H2,2-8H3,(H,32,39)(H,33,34)(H,40,41)/t23-,24+,25+,27+,28+,31+/m0/s1. The zero-order valence-electron chi connectivity index (χ0n) is 26.8. The van der Waals surface area contributed by atoms with Gasteiger partial charge >= 0.3 is 29.8 Å². The normalized spacial score (nSPS) is 21.8. The van der Waals surface area contributed by atoms with Crippen LogP contribution in [0.2, 0.25) is 0 Å². The summed E-state index contributed by atoms with van der Waals surface area (Å²) in [5.41, 5.74) is -0.922. The third-order valence-electron chi connectivity index (χ3n) is 6.94. The first-order valence-corrected chi connectivity index (χ1v) is 14.3. The van der Waals surface area contributed by atoms with Crippen molar-refractivity contribution in [2.45, 2.75) is 97.4 Å². The van der Waals surface area contributed by atoms with E-state index in [1.807, 2.05) is 0 Å². The average molecular weight is 649 g/mol. The Hall–Kier alpha value is -4.79. The summed E-state index contributed by atoms with van der Waals surface area (Å²) in [7, 11) is 0. The number of ether oxygens (including phenoxy) is 5. The maximum atomic E-state index is 13.3. The molecule has 2 amide bonds. The van der Waals surface area contributed by atoms with Crippen molar-refractivity contribution in [2.75, 3.05) is 6.54 Å². The molecule has 0 spiro atoms. The number of aryl methyl sites for hydroxylation is 2. The second-order valence-electron chi connectivity index (χ2n) is 10.9. The highest BCUT2D eigenvalue weighted by Crippen LogP contribution is 2.37. The van der Waals surface area contributed by atoms with Crippen LogP contribution in [0, 0.1) is 13.8 Å². The highest BCUT2D eigenvalue weighted by molar-refractivity contribution is 5.95. The fourth-order valence-corrected chi connectivity index (χ4v) is 5.31. The Labute approximate surface area is 265 Å². The Morgan fingerprint density at radius 2 is 1.57 bits per heavy atom. The number of esters is 4. The summed E-state index contributed by atoms with van der Waals surface area (Å²) in [6.45, 7) is 12.0. The SMILES string of the molecule is C=CC[C@]1(C(=O)O)C[C@H](OC(C)=O)[C@@H](NC(C)=O)[C@H]([C@H](OC(C)=O)[C@@H](CNC(=O)c2cc(C)c(OC(C)=O)c(C)c2)OC(C)=O)O1. The fraction of sp³-hybridized carbons (Fsp3) is 0.516. The summed E-state index contributed by atoms with van der Waals surface area (Å²) < 4.78 is 27.8. The summed E-state index contributed by atoms with van der Waals surface area (Å²) in [4.78, 5) is 86.3. The lowest BCUT2D eigenvalue weighted by Gasteiger charge is -2.48. The molecule has 3 N–H and O–H groups in total. The van der Waals surface area contributed by atoms with Gasteiger partial charge in [0.05, 0.1) is 12.6 Å². The van der Waals surface area contributed by atoms with Crippen molar-refractivity contribution >= 4 is 41.7 Å². The summed E-state index contributed by atoms with van der Waals surface area (Å²) in [6.07, 6.45) is -5.46. The van der Waals surface area contributed by atoms with Crippen molar-refractivity contribution < 1.29 is 62.4 Å². The molecular weight excluding hydrogens is 608 g/mol. The van der Waals surface area contributed by atoms with Crippen LogP contribution in [0.4, 0.5) is 0 Å². The first-order chi connectivity index (χ1) is 21.4. The van der Waals surface area contributed by atoms with Gasteiger partial charge in [0.25, 0.3) is 5.91 Å². The van der Waals surface area contributed by atoms with E-state index in [9.17, 15) is 38.7 Å². The van der Waals surface area contributed by atoms with Crippen LogP contribution >= 0.6 is 0 Å². The van der Waals surface area contributed by atoms with Gasteiger partial charge < -0.3 is 39.4 Å². The van der Waals surface area contributed by atoms with Gasteiger partial charge in [0, 0.05) is 53.0 Å². The molecule has 6 atom stereocenters. The van der Waals surface area contributed by atoms with Crippen molar-refractivity contribution in [3.8, 4) is 5.75 Å². The number of hydrogen-bond donors (Lipinski definition) is 3. The minimum atomic E-state index is -2.07. The zero-order valence-corrected chi connectivity index (χ0v) is 26.8. The molecule has 15 nitrogen and oxygen atoms in total. The van der Waals surface area contributed by atoms with Crippen LogP contribution in [0.15, 0.2) is 24.8 Å². The van der Waals surface area contributed by atoms with E-state index in [2.05, 4.69) is 17.2 Å². The van der Waals surface area contributed by atoms with Crippen LogP contribution in [0.25, 0.3) is 0 Å². The zero-order chi connectivity index (χ0) is 34.9. The highest BCUT2D eigenvalue weighted by atomic mass is 16.6. The molecule has 2 rings (SSSR count). The lowest BCUT2D eigenvalue weighted by molar-refractivity contribution is -0.237. The topological polar surface area (TPSA) is 210 Å². The van der Waals surface area contributed by atoms with Gasteiger partial charge in [-0.15, -0.1) is 6.58 Å². The van der Waals surface area contributed by atoms with Crippen LogP contribution in [-0.2, 0) is 47.7 Å². The summed E-state index contributed by atoms with van der Waals surface area (Å²) in [5.74, 6) is -5.52. The van der Waals surface area contributed by atoms with E-state index < -0.39 is 90.7 Å². The monoisotopic (exact) mass is 648 g/mol. The van der Waals surface area contributed by atoms with E-state index in [4.69, 9.17) is 23.7 Å². The molecule has 0 aliphatic carbocycles. The van der Waals surface area contributed by atoms with Crippen LogP contribution in [0.3, 0.4) is 0 Å². The van der Waals surface area contributed by atoms with Crippen LogP contribution in [0.1, 0.15) is 68.9 Å². The molecule has 252 valence electrons. The molecule has 1 aliphatic heterocycles. The second kappa shape index (κ2) is 16.0. The third-order valence-corrected chi connectivity index (χ3v) is 6.94. The molecule has 1 fully saturated rings. The molecule has 1 aromatic rings. The molecule has 0 bridgehead atoms. The van der Waals surface area contributed by atoms with E-state index in [1.165, 1.54) is 25.1 Å². The van der Waals surface area contributed by atoms with Crippen molar-refractivity contribution in [3.63, 3.8) is 0 Å². The van der Waals surface area contributed by atoms with Crippen molar-refractivity contribution in [2.24, 2.45) is 0 Å². The van der Waals surface area contributed by atoms with Gasteiger partial charge in [-0.3, -0.25) is 28.8 Å². The molecular formula is C31H40N2O13. The van der Waals surface area contributed by atoms with Crippen molar-refractivity contribution in [1.29, 1.82) is 0 Å². The predicted molar refractivity (Wildman–Crippen MR) is 158 cm³/mol. The molecule has 15 heteroatoms. The number of benzene rings is 1. The first-order valence-electron chi connectivity index (χ1n) is 14.3. The lowest BCUT2D eigenvalue weighted by Crippen LogP contribution is -2.68. The number of aliphatic carboxylic acids is 1. The maximum Gasteiger partial charge on any atom is 0.336 e. The fourth-order valence-electron chi connectivity index (χ4n) is 5.31. The van der Waals surface area contributed by atoms with Crippen LogP contribution in [0.5, 0.6) is 5.75 Å². The lowest BCUT2D eigenvalue weighted by atomic mass is 9.81. The Morgan fingerprint density at radius 3 is 2.02 bits per heavy atom. The molecule has 1 heterocycles. The maximum absolute atomic E-state index is 13.3. The Kier molecular flexibility index (Phi) is 13.0. The number of carboxylic acids is 1. The first kappa shape index (κ1) is 37.4. The number of carboxylic acid groups (broad SMARTS) is 1. The van der Waals surface area contributed by atoms with E-state index in [-0.39, 0.29) is 12.0 Å².